The van der Waals surface area contributed by atoms with Crippen LogP contribution in [0, 0.1) is 52.3 Å². The molecular formula is C25H40O4. The molecule has 4 saturated carbocycles. The lowest BCUT2D eigenvalue weighted by Crippen LogP contribution is -2.60. The van der Waals surface area contributed by atoms with Crippen LogP contribution in [0.15, 0.2) is 0 Å². The number of methoxy groups -OCH3 is 1. The third-order valence-electron chi connectivity index (χ3n) is 10.4. The summed E-state index contributed by atoms with van der Waals surface area (Å²) >= 11 is 0. The molecule has 0 bridgehead atoms. The highest BCUT2D eigenvalue weighted by atomic mass is 16.5. The fourth-order valence-corrected chi connectivity index (χ4v) is 8.85. The molecule has 0 aromatic heterocycles. The molecule has 164 valence electrons. The zero-order valence-electron chi connectivity index (χ0n) is 18.9. The Morgan fingerprint density at radius 2 is 1.76 bits per heavy atom. The fourth-order valence-electron chi connectivity index (χ4n) is 8.85. The molecule has 4 nitrogen and oxygen atoms in total. The molecule has 5 unspecified atom stereocenters. The average molecular weight is 405 g/mol. The van der Waals surface area contributed by atoms with Gasteiger partial charge in [-0.2, -0.15) is 0 Å². The summed E-state index contributed by atoms with van der Waals surface area (Å²) in [5.41, 5.74) is 0.228. The second-order valence-corrected chi connectivity index (χ2v) is 11.2. The van der Waals surface area contributed by atoms with E-state index in [2.05, 4.69) is 20.8 Å². The van der Waals surface area contributed by atoms with Gasteiger partial charge in [0.25, 0.3) is 0 Å². The number of rotatable bonds is 3. The molecule has 4 fully saturated rings. The Bertz CT molecular complexity index is 674. The highest BCUT2D eigenvalue weighted by Gasteiger charge is 2.65. The van der Waals surface area contributed by atoms with E-state index in [1.54, 1.807) is 0 Å². The Morgan fingerprint density at radius 3 is 2.41 bits per heavy atom. The van der Waals surface area contributed by atoms with Crippen molar-refractivity contribution in [3.8, 4) is 0 Å². The number of carbonyl (C=O) groups excluding carboxylic acids is 2. The fraction of sp³-hybridized carbons (Fsp3) is 0.920. The SMILES string of the molecule is CC[C@@H]1C(=O)[C@@H]2C(CCC3(C)C([C@H](C)C(=O)OC)CC[C@@H]23)C2(C)CC[C@@H](O)CC12. The first-order valence-electron chi connectivity index (χ1n) is 12.0. The maximum Gasteiger partial charge on any atom is 0.308 e. The Balaban J connectivity index is 1.68. The molecule has 1 N–H and O–H groups in total. The quantitative estimate of drug-likeness (QED) is 0.697. The summed E-state index contributed by atoms with van der Waals surface area (Å²) in [6.07, 6.45) is 7.68. The Morgan fingerprint density at radius 1 is 1.10 bits per heavy atom. The molecule has 29 heavy (non-hydrogen) atoms. The van der Waals surface area contributed by atoms with E-state index < -0.39 is 0 Å². The van der Waals surface area contributed by atoms with Crippen molar-refractivity contribution in [1.29, 1.82) is 0 Å². The zero-order chi connectivity index (χ0) is 21.1. The van der Waals surface area contributed by atoms with Gasteiger partial charge < -0.3 is 9.84 Å². The van der Waals surface area contributed by atoms with Crippen LogP contribution in [0.2, 0.25) is 0 Å². The lowest BCUT2D eigenvalue weighted by atomic mass is 9.42. The molecule has 0 aromatic rings. The normalized spacial score (nSPS) is 50.3. The summed E-state index contributed by atoms with van der Waals surface area (Å²) < 4.78 is 5.08. The van der Waals surface area contributed by atoms with E-state index in [9.17, 15) is 14.7 Å². The van der Waals surface area contributed by atoms with Crippen LogP contribution in [0.1, 0.15) is 79.1 Å². The molecule has 0 heterocycles. The van der Waals surface area contributed by atoms with E-state index in [1.807, 2.05) is 6.92 Å². The number of fused-ring (bicyclic) bond motifs is 5. The molecule has 0 aliphatic heterocycles. The van der Waals surface area contributed by atoms with Crippen LogP contribution in [0.5, 0.6) is 0 Å². The van der Waals surface area contributed by atoms with E-state index in [0.717, 1.165) is 51.4 Å². The number of Topliss-reactive ketones (excluding diaryl/α,β-unsaturated/α-hetero) is 1. The lowest BCUT2D eigenvalue weighted by Gasteiger charge is -2.62. The molecule has 0 saturated heterocycles. The highest BCUT2D eigenvalue weighted by molar-refractivity contribution is 5.86. The van der Waals surface area contributed by atoms with Gasteiger partial charge in [-0.15, -0.1) is 0 Å². The Hall–Kier alpha value is -0.900. The van der Waals surface area contributed by atoms with Crippen molar-refractivity contribution in [3.05, 3.63) is 0 Å². The van der Waals surface area contributed by atoms with Gasteiger partial charge >= 0.3 is 5.97 Å². The third kappa shape index (κ3) is 2.95. The number of esters is 1. The highest BCUT2D eigenvalue weighted by Crippen LogP contribution is 2.68. The standard InChI is InChI=1S/C25H40O4/c1-6-16-20-13-15(26)9-11-25(20,4)19-10-12-24(3)17(14(2)23(28)29-5)7-8-18(24)21(19)22(16)27/h14-21,26H,6-13H2,1-5H3/t14-,15+,16-,17?,18-,19?,20?,21-,24?,25?/m0/s1. The average Bonchev–Trinajstić information content (AvgIpc) is 3.05. The third-order valence-corrected chi connectivity index (χ3v) is 10.4. The van der Waals surface area contributed by atoms with Crippen LogP contribution in [-0.4, -0.2) is 30.1 Å². The van der Waals surface area contributed by atoms with Crippen molar-refractivity contribution in [1.82, 2.24) is 0 Å². The van der Waals surface area contributed by atoms with E-state index in [-0.39, 0.29) is 40.7 Å². The van der Waals surface area contributed by atoms with Gasteiger partial charge in [-0.3, -0.25) is 9.59 Å². The van der Waals surface area contributed by atoms with Crippen molar-refractivity contribution in [2.75, 3.05) is 7.11 Å². The first-order valence-corrected chi connectivity index (χ1v) is 12.0. The second-order valence-electron chi connectivity index (χ2n) is 11.2. The van der Waals surface area contributed by atoms with Gasteiger partial charge in [-0.25, -0.2) is 0 Å². The number of hydrogen-bond donors (Lipinski definition) is 1. The van der Waals surface area contributed by atoms with Crippen LogP contribution < -0.4 is 0 Å². The maximum atomic E-state index is 13.9. The Labute approximate surface area is 176 Å². The van der Waals surface area contributed by atoms with Crippen molar-refractivity contribution in [2.45, 2.75) is 85.2 Å². The minimum absolute atomic E-state index is 0.0557. The first-order chi connectivity index (χ1) is 13.7. The molecule has 4 aliphatic rings. The number of carbonyl (C=O) groups is 2. The van der Waals surface area contributed by atoms with Gasteiger partial charge in [0.15, 0.2) is 0 Å². The molecular weight excluding hydrogens is 364 g/mol. The molecule has 0 amide bonds. The summed E-state index contributed by atoms with van der Waals surface area (Å²) in [5, 5.41) is 10.4. The molecule has 4 rings (SSSR count). The van der Waals surface area contributed by atoms with Crippen LogP contribution >= 0.6 is 0 Å². The number of ether oxygens (including phenoxy) is 1. The summed E-state index contributed by atoms with van der Waals surface area (Å²) in [6, 6.07) is 0. The topological polar surface area (TPSA) is 63.6 Å². The van der Waals surface area contributed by atoms with Gasteiger partial charge in [0.1, 0.15) is 5.78 Å². The minimum atomic E-state index is -0.239. The molecule has 0 aromatic carbocycles. The van der Waals surface area contributed by atoms with Gasteiger partial charge in [0.2, 0.25) is 0 Å². The number of aliphatic hydroxyl groups excluding tert-OH is 1. The Kier molecular flexibility index (Phi) is 5.41. The van der Waals surface area contributed by atoms with Gasteiger partial charge in [-0.1, -0.05) is 27.7 Å². The monoisotopic (exact) mass is 404 g/mol. The maximum absolute atomic E-state index is 13.9. The zero-order valence-corrected chi connectivity index (χ0v) is 18.9. The molecule has 4 aliphatic carbocycles. The molecule has 4 heteroatoms. The van der Waals surface area contributed by atoms with Crippen molar-refractivity contribution in [3.63, 3.8) is 0 Å². The van der Waals surface area contributed by atoms with Crippen molar-refractivity contribution in [2.24, 2.45) is 52.3 Å². The van der Waals surface area contributed by atoms with E-state index >= 15 is 0 Å². The first kappa shape index (κ1) is 21.3. The van der Waals surface area contributed by atoms with Gasteiger partial charge in [0.05, 0.1) is 19.1 Å². The summed E-state index contributed by atoms with van der Waals surface area (Å²) in [4.78, 5) is 26.2. The van der Waals surface area contributed by atoms with Crippen LogP contribution in [0.3, 0.4) is 0 Å². The second kappa shape index (κ2) is 7.35. The molecule has 0 spiro atoms. The van der Waals surface area contributed by atoms with E-state index in [1.165, 1.54) is 7.11 Å². The van der Waals surface area contributed by atoms with Crippen molar-refractivity contribution < 1.29 is 19.4 Å². The summed E-state index contributed by atoms with van der Waals surface area (Å²) in [6.45, 7) is 8.97. The predicted octanol–water partition coefficient (Wildman–Crippen LogP) is 4.63. The number of ketones is 1. The largest absolute Gasteiger partial charge is 0.469 e. The van der Waals surface area contributed by atoms with Gasteiger partial charge in [-0.05, 0) is 85.9 Å². The van der Waals surface area contributed by atoms with E-state index in [4.69, 9.17) is 4.74 Å². The summed E-state index contributed by atoms with van der Waals surface area (Å²) in [7, 11) is 1.49. The van der Waals surface area contributed by atoms with Crippen LogP contribution in [-0.2, 0) is 14.3 Å². The lowest BCUT2D eigenvalue weighted by molar-refractivity contribution is -0.174. The molecule has 0 radical (unpaired) electrons. The number of hydrogen-bond acceptors (Lipinski definition) is 4. The van der Waals surface area contributed by atoms with Gasteiger partial charge in [0, 0.05) is 11.8 Å². The molecule has 10 atom stereocenters. The number of aliphatic hydroxyl groups is 1. The van der Waals surface area contributed by atoms with Crippen molar-refractivity contribution >= 4 is 11.8 Å². The smallest absolute Gasteiger partial charge is 0.308 e. The minimum Gasteiger partial charge on any atom is -0.469 e. The van der Waals surface area contributed by atoms with Crippen LogP contribution in [0.4, 0.5) is 0 Å². The van der Waals surface area contributed by atoms with E-state index in [0.29, 0.717) is 29.5 Å². The van der Waals surface area contributed by atoms with Crippen LogP contribution in [0.25, 0.3) is 0 Å². The summed E-state index contributed by atoms with van der Waals surface area (Å²) in [5.74, 6) is 2.00. The predicted molar refractivity (Wildman–Crippen MR) is 112 cm³/mol.